The van der Waals surface area contributed by atoms with Gasteiger partial charge in [-0.05, 0) is 6.07 Å². The normalized spacial score (nSPS) is 12.3. The van der Waals surface area contributed by atoms with E-state index in [-0.39, 0.29) is 0 Å². The fraction of sp³-hybridized carbons (Fsp3) is 0.231. The van der Waals surface area contributed by atoms with Crippen LogP contribution in [-0.2, 0) is 11.2 Å². The van der Waals surface area contributed by atoms with Gasteiger partial charge in [-0.3, -0.25) is 9.89 Å². The molecule has 0 spiro atoms. The average Bonchev–Trinajstić information content (AvgIpc) is 2.77. The molecule has 0 aliphatic rings. The second kappa shape index (κ2) is 5.23. The van der Waals surface area contributed by atoms with Crippen LogP contribution in [0, 0.1) is 5.92 Å². The molecule has 1 unspecified atom stereocenters. The topological polar surface area (TPSA) is 66.0 Å². The van der Waals surface area contributed by atoms with E-state index >= 15 is 0 Å². The standard InChI is InChI=1S/C13H13ClN2O2/c1-8(13(17)18)6-12-10(7-15-16-12)9-4-2-3-5-11(9)14/h2-5,7-8H,6H2,1H3,(H,15,16)(H,17,18). The zero-order chi connectivity index (χ0) is 13.1. The largest absolute Gasteiger partial charge is 0.481 e. The summed E-state index contributed by atoms with van der Waals surface area (Å²) >= 11 is 6.13. The van der Waals surface area contributed by atoms with Crippen LogP contribution < -0.4 is 0 Å². The molecule has 94 valence electrons. The molecule has 0 radical (unpaired) electrons. The minimum absolute atomic E-state index is 0.399. The Morgan fingerprint density at radius 3 is 2.83 bits per heavy atom. The Kier molecular flexibility index (Phi) is 3.67. The monoisotopic (exact) mass is 264 g/mol. The smallest absolute Gasteiger partial charge is 0.306 e. The molecule has 1 heterocycles. The van der Waals surface area contributed by atoms with E-state index in [1.54, 1.807) is 19.2 Å². The van der Waals surface area contributed by atoms with Crippen molar-refractivity contribution in [1.82, 2.24) is 10.2 Å². The summed E-state index contributed by atoms with van der Waals surface area (Å²) in [7, 11) is 0. The maximum Gasteiger partial charge on any atom is 0.306 e. The number of H-pyrrole nitrogens is 1. The van der Waals surface area contributed by atoms with Gasteiger partial charge in [0.25, 0.3) is 0 Å². The molecule has 5 heteroatoms. The first-order valence-electron chi connectivity index (χ1n) is 5.59. The molecule has 1 aromatic carbocycles. The van der Waals surface area contributed by atoms with Gasteiger partial charge in [0, 0.05) is 28.3 Å². The summed E-state index contributed by atoms with van der Waals surface area (Å²) in [5.41, 5.74) is 2.51. The van der Waals surface area contributed by atoms with Gasteiger partial charge in [0.2, 0.25) is 0 Å². The van der Waals surface area contributed by atoms with Gasteiger partial charge in [-0.1, -0.05) is 36.7 Å². The molecule has 2 aromatic rings. The Morgan fingerprint density at radius 2 is 2.17 bits per heavy atom. The zero-order valence-corrected chi connectivity index (χ0v) is 10.6. The quantitative estimate of drug-likeness (QED) is 0.892. The molecule has 0 aliphatic carbocycles. The number of aromatic amines is 1. The number of rotatable bonds is 4. The van der Waals surface area contributed by atoms with Crippen molar-refractivity contribution < 1.29 is 9.90 Å². The highest BCUT2D eigenvalue weighted by Gasteiger charge is 2.17. The molecule has 4 nitrogen and oxygen atoms in total. The third-order valence-electron chi connectivity index (χ3n) is 2.81. The predicted molar refractivity (Wildman–Crippen MR) is 69.5 cm³/mol. The minimum atomic E-state index is -0.824. The summed E-state index contributed by atoms with van der Waals surface area (Å²) in [5, 5.41) is 16.4. The van der Waals surface area contributed by atoms with E-state index in [4.69, 9.17) is 16.7 Å². The molecule has 0 fully saturated rings. The van der Waals surface area contributed by atoms with Crippen molar-refractivity contribution in [2.24, 2.45) is 5.92 Å². The number of carbonyl (C=O) groups is 1. The second-order valence-corrected chi connectivity index (χ2v) is 4.59. The van der Waals surface area contributed by atoms with Crippen molar-refractivity contribution in [2.45, 2.75) is 13.3 Å². The van der Waals surface area contributed by atoms with Gasteiger partial charge in [0.15, 0.2) is 0 Å². The summed E-state index contributed by atoms with van der Waals surface area (Å²) < 4.78 is 0. The summed E-state index contributed by atoms with van der Waals surface area (Å²) in [6.45, 7) is 1.67. The summed E-state index contributed by atoms with van der Waals surface area (Å²) in [5.74, 6) is -1.29. The Morgan fingerprint density at radius 1 is 1.44 bits per heavy atom. The molecule has 2 rings (SSSR count). The number of nitrogens with one attached hydrogen (secondary N) is 1. The third kappa shape index (κ3) is 2.54. The fourth-order valence-corrected chi connectivity index (χ4v) is 2.01. The Bertz CT molecular complexity index is 566. The van der Waals surface area contributed by atoms with Crippen LogP contribution in [0.4, 0.5) is 0 Å². The van der Waals surface area contributed by atoms with E-state index in [1.807, 2.05) is 18.2 Å². The van der Waals surface area contributed by atoms with Crippen molar-refractivity contribution in [2.75, 3.05) is 0 Å². The zero-order valence-electron chi connectivity index (χ0n) is 9.85. The van der Waals surface area contributed by atoms with E-state index in [0.717, 1.165) is 16.8 Å². The van der Waals surface area contributed by atoms with Gasteiger partial charge in [-0.15, -0.1) is 0 Å². The van der Waals surface area contributed by atoms with Gasteiger partial charge in [0.05, 0.1) is 12.1 Å². The van der Waals surface area contributed by atoms with E-state index in [0.29, 0.717) is 11.4 Å². The molecule has 0 saturated heterocycles. The number of nitrogens with zero attached hydrogens (tertiary/aromatic N) is 1. The number of aliphatic carboxylic acids is 1. The highest BCUT2D eigenvalue weighted by Crippen LogP contribution is 2.30. The van der Waals surface area contributed by atoms with Crippen molar-refractivity contribution in [3.63, 3.8) is 0 Å². The van der Waals surface area contributed by atoms with Crippen molar-refractivity contribution in [3.8, 4) is 11.1 Å². The molecule has 0 amide bonds. The fourth-order valence-electron chi connectivity index (χ4n) is 1.77. The van der Waals surface area contributed by atoms with Crippen molar-refractivity contribution in [3.05, 3.63) is 41.2 Å². The van der Waals surface area contributed by atoms with Crippen LogP contribution in [0.3, 0.4) is 0 Å². The SMILES string of the molecule is CC(Cc1[nH]ncc1-c1ccccc1Cl)C(=O)O. The summed E-state index contributed by atoms with van der Waals surface area (Å²) in [4.78, 5) is 10.9. The van der Waals surface area contributed by atoms with Gasteiger partial charge in [-0.25, -0.2) is 0 Å². The molecule has 1 atom stereocenters. The molecule has 0 aliphatic heterocycles. The first-order chi connectivity index (χ1) is 8.59. The summed E-state index contributed by atoms with van der Waals surface area (Å²) in [6, 6.07) is 7.43. The third-order valence-corrected chi connectivity index (χ3v) is 3.14. The molecular weight excluding hydrogens is 252 g/mol. The van der Waals surface area contributed by atoms with E-state index < -0.39 is 11.9 Å². The molecule has 2 N–H and O–H groups in total. The van der Waals surface area contributed by atoms with Crippen LogP contribution in [-0.4, -0.2) is 21.3 Å². The number of halogens is 1. The number of carboxylic acid groups (broad SMARTS) is 1. The minimum Gasteiger partial charge on any atom is -0.481 e. The van der Waals surface area contributed by atoms with Crippen LogP contribution in [0.1, 0.15) is 12.6 Å². The Hall–Kier alpha value is -1.81. The van der Waals surface area contributed by atoms with E-state index in [9.17, 15) is 4.79 Å². The maximum atomic E-state index is 10.9. The second-order valence-electron chi connectivity index (χ2n) is 4.19. The lowest BCUT2D eigenvalue weighted by Crippen LogP contribution is -2.13. The number of hydrogen-bond donors (Lipinski definition) is 2. The highest BCUT2D eigenvalue weighted by atomic mass is 35.5. The number of benzene rings is 1. The van der Waals surface area contributed by atoms with Crippen LogP contribution in [0.25, 0.3) is 11.1 Å². The first kappa shape index (κ1) is 12.6. The number of aromatic nitrogens is 2. The van der Waals surface area contributed by atoms with Gasteiger partial charge in [-0.2, -0.15) is 5.10 Å². The predicted octanol–water partition coefficient (Wildman–Crippen LogP) is 2.99. The number of carboxylic acids is 1. The van der Waals surface area contributed by atoms with E-state index in [1.165, 1.54) is 0 Å². The lowest BCUT2D eigenvalue weighted by molar-refractivity contribution is -0.141. The van der Waals surface area contributed by atoms with Gasteiger partial charge < -0.3 is 5.11 Å². The first-order valence-corrected chi connectivity index (χ1v) is 5.97. The maximum absolute atomic E-state index is 10.9. The molecule has 0 bridgehead atoms. The van der Waals surface area contributed by atoms with Crippen LogP contribution >= 0.6 is 11.6 Å². The Balaban J connectivity index is 2.34. The van der Waals surface area contributed by atoms with Gasteiger partial charge in [0.1, 0.15) is 0 Å². The lowest BCUT2D eigenvalue weighted by atomic mass is 9.99. The van der Waals surface area contributed by atoms with Crippen LogP contribution in [0.15, 0.2) is 30.5 Å². The highest BCUT2D eigenvalue weighted by molar-refractivity contribution is 6.33. The van der Waals surface area contributed by atoms with E-state index in [2.05, 4.69) is 10.2 Å². The van der Waals surface area contributed by atoms with Gasteiger partial charge >= 0.3 is 5.97 Å². The molecule has 1 aromatic heterocycles. The van der Waals surface area contributed by atoms with Crippen molar-refractivity contribution >= 4 is 17.6 Å². The van der Waals surface area contributed by atoms with Crippen LogP contribution in [0.2, 0.25) is 5.02 Å². The molecular formula is C13H13ClN2O2. The Labute approximate surface area is 110 Å². The number of hydrogen-bond acceptors (Lipinski definition) is 2. The van der Waals surface area contributed by atoms with Crippen molar-refractivity contribution in [1.29, 1.82) is 0 Å². The molecule has 18 heavy (non-hydrogen) atoms. The summed E-state index contributed by atoms with van der Waals surface area (Å²) in [6.07, 6.45) is 2.07. The lowest BCUT2D eigenvalue weighted by Gasteiger charge is -2.08. The molecule has 0 saturated carbocycles. The average molecular weight is 265 g/mol. The van der Waals surface area contributed by atoms with Crippen LogP contribution in [0.5, 0.6) is 0 Å².